The molecule has 1 unspecified atom stereocenters. The van der Waals surface area contributed by atoms with Crippen molar-refractivity contribution in [3.05, 3.63) is 45.5 Å². The standard InChI is InChI=1S/C14H13ClN2O4/c15-9-4-2-1-3-8(9)11-13(18)16-12(17-14(11)19)10-7-20-5-6-21-10/h1-4,10H,5-7H2,(H2,16,17,18,19). The van der Waals surface area contributed by atoms with E-state index in [0.29, 0.717) is 23.8 Å². The van der Waals surface area contributed by atoms with E-state index in [1.165, 1.54) is 0 Å². The molecule has 1 aromatic carbocycles. The van der Waals surface area contributed by atoms with Crippen molar-refractivity contribution in [2.45, 2.75) is 6.10 Å². The molecule has 1 atom stereocenters. The Morgan fingerprint density at radius 3 is 2.81 bits per heavy atom. The maximum atomic E-state index is 12.2. The van der Waals surface area contributed by atoms with E-state index in [1.807, 2.05) is 0 Å². The van der Waals surface area contributed by atoms with Crippen LogP contribution in [0.25, 0.3) is 11.1 Å². The van der Waals surface area contributed by atoms with Crippen molar-refractivity contribution in [3.63, 3.8) is 0 Å². The number of ether oxygens (including phenoxy) is 2. The first-order chi connectivity index (χ1) is 10.2. The summed E-state index contributed by atoms with van der Waals surface area (Å²) in [6.07, 6.45) is -0.488. The van der Waals surface area contributed by atoms with Gasteiger partial charge in [0.1, 0.15) is 17.5 Å². The van der Waals surface area contributed by atoms with Crippen LogP contribution in [0, 0.1) is 0 Å². The molecule has 1 aliphatic heterocycles. The van der Waals surface area contributed by atoms with Gasteiger partial charge in [-0.05, 0) is 6.07 Å². The highest BCUT2D eigenvalue weighted by Gasteiger charge is 2.22. The number of nitrogens with zero attached hydrogens (tertiary/aromatic N) is 1. The lowest BCUT2D eigenvalue weighted by atomic mass is 10.1. The third kappa shape index (κ3) is 2.78. The summed E-state index contributed by atoms with van der Waals surface area (Å²) >= 11 is 6.05. The molecule has 2 heterocycles. The van der Waals surface area contributed by atoms with Crippen LogP contribution < -0.4 is 5.56 Å². The van der Waals surface area contributed by atoms with Crippen molar-refractivity contribution in [2.24, 2.45) is 0 Å². The van der Waals surface area contributed by atoms with Crippen LogP contribution in [-0.4, -0.2) is 34.9 Å². The fourth-order valence-corrected chi connectivity index (χ4v) is 2.41. The Morgan fingerprint density at radius 1 is 1.33 bits per heavy atom. The van der Waals surface area contributed by atoms with Crippen molar-refractivity contribution < 1.29 is 14.6 Å². The molecule has 0 spiro atoms. The maximum absolute atomic E-state index is 12.2. The molecule has 0 bridgehead atoms. The zero-order chi connectivity index (χ0) is 14.8. The van der Waals surface area contributed by atoms with E-state index in [9.17, 15) is 9.90 Å². The van der Waals surface area contributed by atoms with Crippen LogP contribution in [0.5, 0.6) is 5.88 Å². The highest BCUT2D eigenvalue weighted by molar-refractivity contribution is 6.33. The topological polar surface area (TPSA) is 84.4 Å². The van der Waals surface area contributed by atoms with Crippen molar-refractivity contribution >= 4 is 11.6 Å². The largest absolute Gasteiger partial charge is 0.493 e. The molecule has 1 aliphatic rings. The normalized spacial score (nSPS) is 18.6. The second-order valence-electron chi connectivity index (χ2n) is 4.56. The summed E-state index contributed by atoms with van der Waals surface area (Å²) in [6.45, 7) is 1.21. The summed E-state index contributed by atoms with van der Waals surface area (Å²) in [5.74, 6) is -0.135. The molecule has 0 saturated carbocycles. The molecule has 2 N–H and O–H groups in total. The Hall–Kier alpha value is -1.89. The van der Waals surface area contributed by atoms with E-state index in [-0.39, 0.29) is 23.9 Å². The van der Waals surface area contributed by atoms with Gasteiger partial charge in [-0.3, -0.25) is 4.79 Å². The molecular formula is C14H13ClN2O4. The van der Waals surface area contributed by atoms with Crippen LogP contribution in [0.2, 0.25) is 5.02 Å². The third-order valence-corrected chi connectivity index (χ3v) is 3.51. The van der Waals surface area contributed by atoms with Crippen LogP contribution in [-0.2, 0) is 9.47 Å². The monoisotopic (exact) mass is 308 g/mol. The van der Waals surface area contributed by atoms with Gasteiger partial charge < -0.3 is 19.6 Å². The molecule has 0 aliphatic carbocycles. The molecule has 6 nitrogen and oxygen atoms in total. The van der Waals surface area contributed by atoms with Gasteiger partial charge >= 0.3 is 0 Å². The summed E-state index contributed by atoms with van der Waals surface area (Å²) in [5.41, 5.74) is -0.00127. The summed E-state index contributed by atoms with van der Waals surface area (Å²) in [6, 6.07) is 6.76. The predicted molar refractivity (Wildman–Crippen MR) is 76.5 cm³/mol. The molecule has 7 heteroatoms. The van der Waals surface area contributed by atoms with Gasteiger partial charge in [0.25, 0.3) is 5.56 Å². The van der Waals surface area contributed by atoms with E-state index in [2.05, 4.69) is 9.97 Å². The van der Waals surface area contributed by atoms with Crippen LogP contribution >= 0.6 is 11.6 Å². The minimum Gasteiger partial charge on any atom is -0.493 e. The second kappa shape index (κ2) is 5.85. The number of hydrogen-bond donors (Lipinski definition) is 2. The first kappa shape index (κ1) is 14.1. The van der Waals surface area contributed by atoms with Crippen LogP contribution in [0.3, 0.4) is 0 Å². The molecule has 21 heavy (non-hydrogen) atoms. The minimum absolute atomic E-state index is 0.0427. The van der Waals surface area contributed by atoms with Crippen molar-refractivity contribution in [1.82, 2.24) is 9.97 Å². The smallest absolute Gasteiger partial charge is 0.262 e. The number of H-pyrrole nitrogens is 1. The quantitative estimate of drug-likeness (QED) is 0.885. The van der Waals surface area contributed by atoms with E-state index in [1.54, 1.807) is 24.3 Å². The Balaban J connectivity index is 2.05. The molecule has 1 fully saturated rings. The summed E-state index contributed by atoms with van der Waals surface area (Å²) < 4.78 is 10.7. The molecule has 1 aromatic heterocycles. The number of benzene rings is 1. The van der Waals surface area contributed by atoms with Crippen LogP contribution in [0.15, 0.2) is 29.1 Å². The summed E-state index contributed by atoms with van der Waals surface area (Å²) in [4.78, 5) is 18.9. The zero-order valence-electron chi connectivity index (χ0n) is 11.0. The number of aromatic amines is 1. The SMILES string of the molecule is O=c1[nH]c(C2COCCO2)nc(O)c1-c1ccccc1Cl. The molecule has 0 amide bonds. The first-order valence-corrected chi connectivity index (χ1v) is 6.82. The van der Waals surface area contributed by atoms with E-state index >= 15 is 0 Å². The van der Waals surface area contributed by atoms with Gasteiger partial charge in [0.15, 0.2) is 0 Å². The van der Waals surface area contributed by atoms with Gasteiger partial charge in [0, 0.05) is 10.6 Å². The van der Waals surface area contributed by atoms with E-state index in [0.717, 1.165) is 0 Å². The maximum Gasteiger partial charge on any atom is 0.262 e. The summed E-state index contributed by atoms with van der Waals surface area (Å²) in [5, 5.41) is 10.5. The van der Waals surface area contributed by atoms with Gasteiger partial charge in [0.05, 0.1) is 19.8 Å². The summed E-state index contributed by atoms with van der Waals surface area (Å²) in [7, 11) is 0. The number of halogens is 1. The number of nitrogens with one attached hydrogen (secondary N) is 1. The number of hydrogen-bond acceptors (Lipinski definition) is 5. The average Bonchev–Trinajstić information content (AvgIpc) is 2.49. The van der Waals surface area contributed by atoms with Gasteiger partial charge in [-0.15, -0.1) is 0 Å². The van der Waals surface area contributed by atoms with E-state index < -0.39 is 11.7 Å². The van der Waals surface area contributed by atoms with Gasteiger partial charge in [0.2, 0.25) is 5.88 Å². The predicted octanol–water partition coefficient (Wildman–Crippen LogP) is 1.88. The average molecular weight is 309 g/mol. The Labute approximate surface area is 125 Å². The lowest BCUT2D eigenvalue weighted by Crippen LogP contribution is -2.26. The van der Waals surface area contributed by atoms with E-state index in [4.69, 9.17) is 21.1 Å². The Morgan fingerprint density at radius 2 is 2.14 bits per heavy atom. The van der Waals surface area contributed by atoms with Crippen LogP contribution in [0.4, 0.5) is 0 Å². The molecule has 3 rings (SSSR count). The molecule has 0 radical (unpaired) electrons. The number of aromatic nitrogens is 2. The molecule has 2 aromatic rings. The zero-order valence-corrected chi connectivity index (χ0v) is 11.8. The van der Waals surface area contributed by atoms with Gasteiger partial charge in [-0.1, -0.05) is 29.8 Å². The number of aromatic hydroxyl groups is 1. The Kier molecular flexibility index (Phi) is 3.92. The third-order valence-electron chi connectivity index (χ3n) is 3.18. The number of rotatable bonds is 2. The fraction of sp³-hybridized carbons (Fsp3) is 0.286. The second-order valence-corrected chi connectivity index (χ2v) is 4.97. The van der Waals surface area contributed by atoms with Crippen molar-refractivity contribution in [2.75, 3.05) is 19.8 Å². The highest BCUT2D eigenvalue weighted by Crippen LogP contribution is 2.30. The molecule has 1 saturated heterocycles. The van der Waals surface area contributed by atoms with Gasteiger partial charge in [-0.2, -0.15) is 4.98 Å². The Bertz CT molecular complexity index is 710. The van der Waals surface area contributed by atoms with Crippen LogP contribution in [0.1, 0.15) is 11.9 Å². The molecular weight excluding hydrogens is 296 g/mol. The van der Waals surface area contributed by atoms with Crippen molar-refractivity contribution in [3.8, 4) is 17.0 Å². The highest BCUT2D eigenvalue weighted by atomic mass is 35.5. The van der Waals surface area contributed by atoms with Gasteiger partial charge in [-0.25, -0.2) is 0 Å². The fourth-order valence-electron chi connectivity index (χ4n) is 2.18. The minimum atomic E-state index is -0.488. The first-order valence-electron chi connectivity index (χ1n) is 6.44. The van der Waals surface area contributed by atoms with Crippen molar-refractivity contribution in [1.29, 1.82) is 0 Å². The molecule has 110 valence electrons. The lowest BCUT2D eigenvalue weighted by molar-refractivity contribution is -0.0937. The lowest BCUT2D eigenvalue weighted by Gasteiger charge is -2.22.